The Morgan fingerprint density at radius 1 is 1.17 bits per heavy atom. The van der Waals surface area contributed by atoms with Crippen LogP contribution in [0.15, 0.2) is 30.3 Å². The summed E-state index contributed by atoms with van der Waals surface area (Å²) in [6.07, 6.45) is -5.25. The summed E-state index contributed by atoms with van der Waals surface area (Å²) in [6.45, 7) is 4.03. The van der Waals surface area contributed by atoms with E-state index in [4.69, 9.17) is 14.2 Å². The van der Waals surface area contributed by atoms with Gasteiger partial charge in [-0.05, 0) is 31.6 Å². The number of hydrogen-bond acceptors (Lipinski definition) is 8. The molecule has 0 aromatic heterocycles. The Morgan fingerprint density at radius 2 is 1.86 bits per heavy atom. The second kappa shape index (κ2) is 11.1. The van der Waals surface area contributed by atoms with Gasteiger partial charge >= 0.3 is 6.09 Å². The lowest BCUT2D eigenvalue weighted by molar-refractivity contribution is -0.284. The van der Waals surface area contributed by atoms with Crippen LogP contribution in [0, 0.1) is 0 Å². The van der Waals surface area contributed by atoms with E-state index >= 15 is 0 Å². The van der Waals surface area contributed by atoms with E-state index in [9.17, 15) is 20.1 Å². The van der Waals surface area contributed by atoms with Crippen LogP contribution in [-0.4, -0.2) is 76.3 Å². The van der Waals surface area contributed by atoms with E-state index in [1.165, 1.54) is 18.9 Å². The maximum atomic E-state index is 12.0. The molecule has 1 saturated heterocycles. The van der Waals surface area contributed by atoms with Crippen LogP contribution in [0.25, 0.3) is 0 Å². The molecule has 1 aromatic rings. The van der Waals surface area contributed by atoms with Gasteiger partial charge in [0, 0.05) is 18.4 Å². The van der Waals surface area contributed by atoms with Crippen molar-refractivity contribution in [2.75, 3.05) is 18.6 Å². The normalized spacial score (nSPS) is 27.4. The molecule has 1 aliphatic rings. The van der Waals surface area contributed by atoms with Gasteiger partial charge in [0.1, 0.15) is 24.9 Å². The summed E-state index contributed by atoms with van der Waals surface area (Å²) in [5.74, 6) is 1.11. The number of ether oxygens (including phenoxy) is 3. The number of carbonyl (C=O) groups excluding carboxylic acids is 1. The van der Waals surface area contributed by atoms with Gasteiger partial charge in [-0.1, -0.05) is 30.3 Å². The lowest BCUT2D eigenvalue weighted by Gasteiger charge is -2.39. The quantitative estimate of drug-likeness (QED) is 0.434. The largest absolute Gasteiger partial charge is 0.445 e. The molecule has 1 aliphatic heterocycles. The summed E-state index contributed by atoms with van der Waals surface area (Å²) in [5, 5.41) is 32.6. The van der Waals surface area contributed by atoms with Crippen molar-refractivity contribution in [1.82, 2.24) is 5.32 Å². The monoisotopic (exact) mass is 429 g/mol. The van der Waals surface area contributed by atoms with Crippen LogP contribution in [0.4, 0.5) is 4.79 Å². The third kappa shape index (κ3) is 7.44. The topological polar surface area (TPSA) is 117 Å². The van der Waals surface area contributed by atoms with E-state index in [0.29, 0.717) is 17.9 Å². The van der Waals surface area contributed by atoms with Crippen molar-refractivity contribution in [3.8, 4) is 0 Å². The molecule has 0 saturated carbocycles. The van der Waals surface area contributed by atoms with Gasteiger partial charge in [-0.25, -0.2) is 4.79 Å². The van der Waals surface area contributed by atoms with E-state index in [1.54, 1.807) is 0 Å². The molecule has 1 aromatic carbocycles. The molecule has 0 aliphatic carbocycles. The van der Waals surface area contributed by atoms with Crippen LogP contribution in [0.2, 0.25) is 0 Å². The third-order valence-corrected chi connectivity index (χ3v) is 5.76. The lowest BCUT2D eigenvalue weighted by atomic mass is 10.00. The number of aliphatic hydroxyl groups is 3. The number of amides is 1. The van der Waals surface area contributed by atoms with Gasteiger partial charge in [0.25, 0.3) is 0 Å². The number of thioether (sulfide) groups is 1. The highest BCUT2D eigenvalue weighted by Gasteiger charge is 2.43. The first kappa shape index (κ1) is 23.9. The lowest BCUT2D eigenvalue weighted by Crippen LogP contribution is -2.58. The summed E-state index contributed by atoms with van der Waals surface area (Å²) in [4.78, 5) is 12.0. The van der Waals surface area contributed by atoms with Gasteiger partial charge in [-0.2, -0.15) is 11.8 Å². The summed E-state index contributed by atoms with van der Waals surface area (Å²) in [6, 6.07) is 9.46. The Morgan fingerprint density at radius 3 is 2.52 bits per heavy atom. The number of methoxy groups -OCH3 is 1. The average molecular weight is 430 g/mol. The Bertz CT molecular complexity index is 629. The first-order valence-corrected chi connectivity index (χ1v) is 10.7. The molecule has 164 valence electrons. The summed E-state index contributed by atoms with van der Waals surface area (Å²) < 4.78 is 15.8. The highest BCUT2D eigenvalue weighted by Crippen LogP contribution is 2.25. The average Bonchev–Trinajstić information content (AvgIpc) is 2.70. The second-order valence-electron chi connectivity index (χ2n) is 7.65. The van der Waals surface area contributed by atoms with Crippen molar-refractivity contribution >= 4 is 17.9 Å². The van der Waals surface area contributed by atoms with Crippen LogP contribution in [0.3, 0.4) is 0 Å². The molecule has 29 heavy (non-hydrogen) atoms. The smallest absolute Gasteiger partial charge is 0.407 e. The molecule has 1 amide bonds. The van der Waals surface area contributed by atoms with Gasteiger partial charge < -0.3 is 34.8 Å². The minimum atomic E-state index is -1.32. The minimum absolute atomic E-state index is 0.212. The van der Waals surface area contributed by atoms with E-state index in [1.807, 2.05) is 44.2 Å². The minimum Gasteiger partial charge on any atom is -0.445 e. The van der Waals surface area contributed by atoms with Gasteiger partial charge in [0.05, 0.1) is 6.10 Å². The first-order valence-electron chi connectivity index (χ1n) is 9.52. The fraction of sp³-hybridized carbons (Fsp3) is 0.650. The second-order valence-corrected chi connectivity index (χ2v) is 8.80. The maximum Gasteiger partial charge on any atom is 0.407 e. The molecule has 0 radical (unpaired) electrons. The predicted octanol–water partition coefficient (Wildman–Crippen LogP) is 1.27. The number of aliphatic hydroxyl groups excluding tert-OH is 3. The van der Waals surface area contributed by atoms with Gasteiger partial charge in [-0.15, -0.1) is 0 Å². The Labute approximate surface area is 175 Å². The molecule has 1 heterocycles. The maximum absolute atomic E-state index is 12.0. The van der Waals surface area contributed by atoms with Crippen LogP contribution in [-0.2, 0) is 20.8 Å². The van der Waals surface area contributed by atoms with Crippen molar-refractivity contribution in [3.05, 3.63) is 35.9 Å². The zero-order chi connectivity index (χ0) is 21.4. The van der Waals surface area contributed by atoms with E-state index in [0.717, 1.165) is 5.56 Å². The highest BCUT2D eigenvalue weighted by atomic mass is 32.2. The Hall–Kier alpha value is -1.36. The fourth-order valence-electron chi connectivity index (χ4n) is 2.87. The standard InChI is InChI=1S/C20H31NO7S/c1-20(2,21-19(25)27-11-13-7-5-4-6-8-13)9-10-29-12-14-15(22)16(23)17(24)18(26-3)28-14/h4-8,14-18,22-24H,9-12H2,1-3H3,(H,21,25)/t14-,15-,16+,17-,18+/m1/s1. The molecule has 8 nitrogen and oxygen atoms in total. The number of rotatable bonds is 9. The van der Waals surface area contributed by atoms with E-state index < -0.39 is 42.3 Å². The van der Waals surface area contributed by atoms with Crippen molar-refractivity contribution in [3.63, 3.8) is 0 Å². The van der Waals surface area contributed by atoms with Crippen LogP contribution < -0.4 is 5.32 Å². The zero-order valence-electron chi connectivity index (χ0n) is 17.0. The molecule has 0 bridgehead atoms. The molecule has 5 atom stereocenters. The van der Waals surface area contributed by atoms with Gasteiger partial charge in [-0.3, -0.25) is 0 Å². The molecule has 0 unspecified atom stereocenters. The van der Waals surface area contributed by atoms with E-state index in [-0.39, 0.29) is 6.61 Å². The van der Waals surface area contributed by atoms with Crippen LogP contribution >= 0.6 is 11.8 Å². The number of benzene rings is 1. The number of alkyl carbamates (subject to hydrolysis) is 1. The summed E-state index contributed by atoms with van der Waals surface area (Å²) in [5.41, 5.74) is 0.445. The van der Waals surface area contributed by atoms with Gasteiger partial charge in [0.2, 0.25) is 0 Å². The Kier molecular flexibility index (Phi) is 9.19. The highest BCUT2D eigenvalue weighted by molar-refractivity contribution is 7.99. The molecule has 0 spiro atoms. The predicted molar refractivity (Wildman–Crippen MR) is 109 cm³/mol. The summed E-state index contributed by atoms with van der Waals surface area (Å²) >= 11 is 1.52. The van der Waals surface area contributed by atoms with Crippen LogP contribution in [0.1, 0.15) is 25.8 Å². The molecule has 1 fully saturated rings. The van der Waals surface area contributed by atoms with Crippen molar-refractivity contribution < 1.29 is 34.3 Å². The molecular weight excluding hydrogens is 398 g/mol. The van der Waals surface area contributed by atoms with E-state index in [2.05, 4.69) is 5.32 Å². The number of carbonyl (C=O) groups is 1. The molecule has 9 heteroatoms. The van der Waals surface area contributed by atoms with Gasteiger partial charge in [0.15, 0.2) is 6.29 Å². The first-order chi connectivity index (χ1) is 13.7. The fourth-order valence-corrected chi connectivity index (χ4v) is 4.20. The van der Waals surface area contributed by atoms with Crippen LogP contribution in [0.5, 0.6) is 0 Å². The van der Waals surface area contributed by atoms with Crippen molar-refractivity contribution in [2.45, 2.75) is 63.1 Å². The number of hydrogen-bond donors (Lipinski definition) is 4. The van der Waals surface area contributed by atoms with Crippen molar-refractivity contribution in [2.24, 2.45) is 0 Å². The Balaban J connectivity index is 1.69. The molecule has 2 rings (SSSR count). The molecular formula is C20H31NO7S. The molecule has 4 N–H and O–H groups in total. The SMILES string of the molecule is CO[C@H]1O[C@H](CSCCC(C)(C)NC(=O)OCc2ccccc2)[C@@H](O)[C@H](O)[C@H]1O. The van der Waals surface area contributed by atoms with Crippen molar-refractivity contribution in [1.29, 1.82) is 0 Å². The zero-order valence-corrected chi connectivity index (χ0v) is 17.8. The third-order valence-electron chi connectivity index (χ3n) is 4.71. The summed E-state index contributed by atoms with van der Waals surface area (Å²) in [7, 11) is 1.37. The number of nitrogens with one attached hydrogen (secondary N) is 1.